The molecule has 5 rings (SSSR count). The lowest BCUT2D eigenvalue weighted by molar-refractivity contribution is 0.231. The second-order valence-electron chi connectivity index (χ2n) is 7.88. The van der Waals surface area contributed by atoms with Gasteiger partial charge in [0.15, 0.2) is 0 Å². The lowest BCUT2D eigenvalue weighted by atomic mass is 10.1. The van der Waals surface area contributed by atoms with Crippen molar-refractivity contribution in [3.63, 3.8) is 0 Å². The van der Waals surface area contributed by atoms with E-state index in [1.54, 1.807) is 0 Å². The number of benzene rings is 2. The average molecular weight is 416 g/mol. The highest BCUT2D eigenvalue weighted by molar-refractivity contribution is 6.36. The maximum absolute atomic E-state index is 10.7. The van der Waals surface area contributed by atoms with Gasteiger partial charge in [0.1, 0.15) is 0 Å². The molecule has 0 aliphatic carbocycles. The molecule has 0 spiro atoms. The van der Waals surface area contributed by atoms with Crippen molar-refractivity contribution in [1.82, 2.24) is 9.47 Å². The number of nitrogens with zero attached hydrogens (tertiary/aromatic N) is 3. The van der Waals surface area contributed by atoms with Crippen LogP contribution in [0.5, 0.6) is 5.88 Å². The van der Waals surface area contributed by atoms with E-state index in [0.717, 1.165) is 41.7 Å². The predicted octanol–water partition coefficient (Wildman–Crippen LogP) is 4.99. The van der Waals surface area contributed by atoms with Crippen LogP contribution < -0.4 is 4.90 Å². The van der Waals surface area contributed by atoms with Gasteiger partial charge in [-0.25, -0.2) is 0 Å². The summed E-state index contributed by atoms with van der Waals surface area (Å²) < 4.78 is 1.85. The molecular weight excluding hydrogens is 393 g/mol. The molecule has 146 valence electrons. The molecule has 28 heavy (non-hydrogen) atoms. The SMILES string of the molecule is Oc1c2c(Cl)cc(N3CCN4CCCC4C3)cc2cn1Cc1ccc(Cl)cc1. The Bertz CT molecular complexity index is 1010. The van der Waals surface area contributed by atoms with Crippen molar-refractivity contribution in [3.8, 4) is 5.88 Å². The van der Waals surface area contributed by atoms with Gasteiger partial charge in [0.05, 0.1) is 17.0 Å². The van der Waals surface area contributed by atoms with Gasteiger partial charge in [-0.3, -0.25) is 4.90 Å². The molecule has 3 heterocycles. The molecule has 0 saturated carbocycles. The molecule has 0 bridgehead atoms. The summed E-state index contributed by atoms with van der Waals surface area (Å²) >= 11 is 12.6. The first-order chi connectivity index (χ1) is 13.6. The second kappa shape index (κ2) is 7.18. The third kappa shape index (κ3) is 3.24. The van der Waals surface area contributed by atoms with E-state index in [1.165, 1.54) is 19.4 Å². The Labute approximate surface area is 174 Å². The Hall–Kier alpha value is -1.88. The van der Waals surface area contributed by atoms with Crippen LogP contribution in [0.15, 0.2) is 42.6 Å². The minimum atomic E-state index is 0.210. The quantitative estimate of drug-likeness (QED) is 0.653. The Morgan fingerprint density at radius 2 is 1.86 bits per heavy atom. The fourth-order valence-electron chi connectivity index (χ4n) is 4.64. The molecule has 0 radical (unpaired) electrons. The molecule has 2 aliphatic heterocycles. The Morgan fingerprint density at radius 3 is 2.68 bits per heavy atom. The maximum atomic E-state index is 10.7. The Morgan fingerprint density at radius 1 is 1.04 bits per heavy atom. The van der Waals surface area contributed by atoms with Crippen molar-refractivity contribution in [3.05, 3.63) is 58.2 Å². The molecule has 6 heteroatoms. The fraction of sp³-hybridized carbons (Fsp3) is 0.364. The van der Waals surface area contributed by atoms with E-state index in [2.05, 4.69) is 15.9 Å². The summed E-state index contributed by atoms with van der Waals surface area (Å²) in [6, 6.07) is 12.5. The van der Waals surface area contributed by atoms with E-state index in [1.807, 2.05) is 41.1 Å². The summed E-state index contributed by atoms with van der Waals surface area (Å²) in [6.07, 6.45) is 4.57. The zero-order valence-electron chi connectivity index (χ0n) is 15.6. The van der Waals surface area contributed by atoms with Crippen LogP contribution >= 0.6 is 23.2 Å². The lowest BCUT2D eigenvalue weighted by Gasteiger charge is -2.39. The highest BCUT2D eigenvalue weighted by atomic mass is 35.5. The predicted molar refractivity (Wildman–Crippen MR) is 116 cm³/mol. The van der Waals surface area contributed by atoms with Crippen molar-refractivity contribution in [2.24, 2.45) is 0 Å². The summed E-state index contributed by atoms with van der Waals surface area (Å²) in [7, 11) is 0. The van der Waals surface area contributed by atoms with Crippen LogP contribution in [0, 0.1) is 0 Å². The van der Waals surface area contributed by atoms with Gasteiger partial charge in [0.25, 0.3) is 0 Å². The first kappa shape index (κ1) is 18.2. The summed E-state index contributed by atoms with van der Waals surface area (Å²) in [6.45, 7) is 5.00. The Kier molecular flexibility index (Phi) is 4.66. The summed E-state index contributed by atoms with van der Waals surface area (Å²) in [5.41, 5.74) is 2.22. The molecule has 0 amide bonds. The van der Waals surface area contributed by atoms with Gasteiger partial charge in [-0.2, -0.15) is 0 Å². The van der Waals surface area contributed by atoms with Gasteiger partial charge in [-0.15, -0.1) is 0 Å². The summed E-state index contributed by atoms with van der Waals surface area (Å²) in [4.78, 5) is 5.04. The number of piperazine rings is 1. The zero-order chi connectivity index (χ0) is 19.3. The van der Waals surface area contributed by atoms with Crippen LogP contribution in [0.4, 0.5) is 5.69 Å². The number of anilines is 1. The van der Waals surface area contributed by atoms with Gasteiger partial charge < -0.3 is 14.6 Å². The van der Waals surface area contributed by atoms with Crippen molar-refractivity contribution in [2.45, 2.75) is 25.4 Å². The van der Waals surface area contributed by atoms with E-state index in [-0.39, 0.29) is 5.88 Å². The summed E-state index contributed by atoms with van der Waals surface area (Å²) in [5, 5.41) is 13.8. The third-order valence-electron chi connectivity index (χ3n) is 6.11. The Balaban J connectivity index is 1.46. The molecule has 2 saturated heterocycles. The van der Waals surface area contributed by atoms with Gasteiger partial charge in [-0.05, 0) is 49.2 Å². The number of rotatable bonds is 3. The molecule has 1 unspecified atom stereocenters. The van der Waals surface area contributed by atoms with Gasteiger partial charge in [0, 0.05) is 48.0 Å². The third-order valence-corrected chi connectivity index (χ3v) is 6.66. The molecule has 3 aromatic rings. The van der Waals surface area contributed by atoms with E-state index in [0.29, 0.717) is 22.6 Å². The first-order valence-corrected chi connectivity index (χ1v) is 10.6. The largest absolute Gasteiger partial charge is 0.494 e. The highest BCUT2D eigenvalue weighted by Crippen LogP contribution is 2.38. The van der Waals surface area contributed by atoms with Gasteiger partial charge in [0.2, 0.25) is 5.88 Å². The van der Waals surface area contributed by atoms with E-state index < -0.39 is 0 Å². The standard InChI is InChI=1S/C22H23Cl2N3O/c23-17-5-3-15(4-6-17)12-27-13-16-10-19(11-20(24)21(16)22(27)28)26-9-8-25-7-1-2-18(25)14-26/h3-6,10-11,13,18,28H,1-2,7-9,12,14H2. The minimum Gasteiger partial charge on any atom is -0.494 e. The average Bonchev–Trinajstić information content (AvgIpc) is 3.28. The molecule has 2 fully saturated rings. The molecule has 1 atom stereocenters. The van der Waals surface area contributed by atoms with Crippen molar-refractivity contribution >= 4 is 39.7 Å². The van der Waals surface area contributed by atoms with Crippen molar-refractivity contribution in [2.75, 3.05) is 31.1 Å². The number of halogens is 2. The number of hydrogen-bond donors (Lipinski definition) is 1. The lowest BCUT2D eigenvalue weighted by Crippen LogP contribution is -2.50. The van der Waals surface area contributed by atoms with Crippen LogP contribution in [-0.2, 0) is 6.54 Å². The second-order valence-corrected chi connectivity index (χ2v) is 8.72. The monoisotopic (exact) mass is 415 g/mol. The van der Waals surface area contributed by atoms with E-state index in [4.69, 9.17) is 23.2 Å². The minimum absolute atomic E-state index is 0.210. The number of fused-ring (bicyclic) bond motifs is 2. The van der Waals surface area contributed by atoms with Crippen LogP contribution in [0.1, 0.15) is 18.4 Å². The number of hydrogen-bond acceptors (Lipinski definition) is 3. The molecule has 1 aromatic heterocycles. The highest BCUT2D eigenvalue weighted by Gasteiger charge is 2.31. The van der Waals surface area contributed by atoms with Crippen LogP contribution in [0.2, 0.25) is 10.0 Å². The number of aromatic hydroxyl groups is 1. The van der Waals surface area contributed by atoms with Gasteiger partial charge >= 0.3 is 0 Å². The normalized spacial score (nSPS) is 20.1. The maximum Gasteiger partial charge on any atom is 0.200 e. The smallest absolute Gasteiger partial charge is 0.200 e. The zero-order valence-corrected chi connectivity index (χ0v) is 17.1. The van der Waals surface area contributed by atoms with Crippen molar-refractivity contribution < 1.29 is 5.11 Å². The van der Waals surface area contributed by atoms with Crippen molar-refractivity contribution in [1.29, 1.82) is 0 Å². The molecular formula is C22H23Cl2N3O. The fourth-order valence-corrected chi connectivity index (χ4v) is 5.07. The van der Waals surface area contributed by atoms with E-state index >= 15 is 0 Å². The van der Waals surface area contributed by atoms with Crippen LogP contribution in [-0.4, -0.2) is 46.8 Å². The van der Waals surface area contributed by atoms with Crippen LogP contribution in [0.25, 0.3) is 10.8 Å². The molecule has 2 aromatic carbocycles. The molecule has 2 aliphatic rings. The molecule has 1 N–H and O–H groups in total. The first-order valence-electron chi connectivity index (χ1n) is 9.83. The number of aromatic nitrogens is 1. The topological polar surface area (TPSA) is 31.6 Å². The summed E-state index contributed by atoms with van der Waals surface area (Å²) in [5.74, 6) is 0.210. The van der Waals surface area contributed by atoms with E-state index in [9.17, 15) is 5.11 Å². The van der Waals surface area contributed by atoms with Gasteiger partial charge in [-0.1, -0.05) is 35.3 Å². The van der Waals surface area contributed by atoms with Crippen LogP contribution in [0.3, 0.4) is 0 Å². The molecule has 4 nitrogen and oxygen atoms in total.